The third-order valence-corrected chi connectivity index (χ3v) is 3.30. The average Bonchev–Trinajstić information content (AvgIpc) is 3.13. The second-order valence-electron chi connectivity index (χ2n) is 4.32. The van der Waals surface area contributed by atoms with Crippen LogP contribution < -0.4 is 5.32 Å². The molecule has 82 valence electrons. The molecule has 2 nitrogen and oxygen atoms in total. The highest BCUT2D eigenvalue weighted by Gasteiger charge is 2.20. The maximum Gasteiger partial charge on any atom is 0.0908 e. The SMILES string of the molecule is Clc1ccc(NCC2CC2)c2cccnc12. The van der Waals surface area contributed by atoms with E-state index in [0.29, 0.717) is 5.02 Å². The van der Waals surface area contributed by atoms with Crippen molar-refractivity contribution in [3.05, 3.63) is 35.5 Å². The summed E-state index contributed by atoms with van der Waals surface area (Å²) in [6.45, 7) is 1.06. The summed E-state index contributed by atoms with van der Waals surface area (Å²) in [5.41, 5.74) is 2.02. The average molecular weight is 233 g/mol. The van der Waals surface area contributed by atoms with E-state index in [4.69, 9.17) is 11.6 Å². The molecule has 3 rings (SSSR count). The van der Waals surface area contributed by atoms with E-state index in [0.717, 1.165) is 29.1 Å². The molecule has 1 aromatic heterocycles. The van der Waals surface area contributed by atoms with Gasteiger partial charge in [-0.3, -0.25) is 4.98 Å². The van der Waals surface area contributed by atoms with Crippen molar-refractivity contribution < 1.29 is 0 Å². The van der Waals surface area contributed by atoms with Gasteiger partial charge in [0.25, 0.3) is 0 Å². The molecule has 1 N–H and O–H groups in total. The number of fused-ring (bicyclic) bond motifs is 1. The lowest BCUT2D eigenvalue weighted by Crippen LogP contribution is -2.03. The normalized spacial score (nSPS) is 15.3. The van der Waals surface area contributed by atoms with Crippen molar-refractivity contribution in [3.63, 3.8) is 0 Å². The van der Waals surface area contributed by atoms with Crippen LogP contribution in [-0.4, -0.2) is 11.5 Å². The van der Waals surface area contributed by atoms with Crippen molar-refractivity contribution in [2.75, 3.05) is 11.9 Å². The van der Waals surface area contributed by atoms with Gasteiger partial charge in [-0.2, -0.15) is 0 Å². The highest BCUT2D eigenvalue weighted by molar-refractivity contribution is 6.35. The standard InChI is InChI=1S/C13H13ClN2/c14-11-5-6-12(16-8-9-3-4-9)10-2-1-7-15-13(10)11/h1-2,5-7,9,16H,3-4,8H2. The molecule has 0 amide bonds. The van der Waals surface area contributed by atoms with E-state index >= 15 is 0 Å². The molecule has 0 saturated heterocycles. The fourth-order valence-corrected chi connectivity index (χ4v) is 2.08. The fourth-order valence-electron chi connectivity index (χ4n) is 1.87. The predicted molar refractivity (Wildman–Crippen MR) is 68.0 cm³/mol. The van der Waals surface area contributed by atoms with Crippen LogP contribution in [0, 0.1) is 5.92 Å². The lowest BCUT2D eigenvalue weighted by atomic mass is 10.2. The fraction of sp³-hybridized carbons (Fsp3) is 0.308. The number of aromatic nitrogens is 1. The molecule has 1 heterocycles. The molecule has 1 aliphatic carbocycles. The van der Waals surface area contributed by atoms with E-state index in [-0.39, 0.29) is 0 Å². The lowest BCUT2D eigenvalue weighted by Gasteiger charge is -2.09. The summed E-state index contributed by atoms with van der Waals surface area (Å²) >= 11 is 6.11. The first kappa shape index (κ1) is 9.91. The summed E-state index contributed by atoms with van der Waals surface area (Å²) < 4.78 is 0. The number of benzene rings is 1. The molecule has 2 aromatic rings. The van der Waals surface area contributed by atoms with Crippen molar-refractivity contribution in [2.24, 2.45) is 5.92 Å². The smallest absolute Gasteiger partial charge is 0.0908 e. The second-order valence-corrected chi connectivity index (χ2v) is 4.73. The number of anilines is 1. The monoisotopic (exact) mass is 232 g/mol. The van der Waals surface area contributed by atoms with Gasteiger partial charge in [-0.05, 0) is 43.0 Å². The van der Waals surface area contributed by atoms with Crippen LogP contribution in [0.4, 0.5) is 5.69 Å². The van der Waals surface area contributed by atoms with Crippen LogP contribution in [0.1, 0.15) is 12.8 Å². The summed E-state index contributed by atoms with van der Waals surface area (Å²) in [5.74, 6) is 0.863. The predicted octanol–water partition coefficient (Wildman–Crippen LogP) is 3.71. The molecule has 16 heavy (non-hydrogen) atoms. The van der Waals surface area contributed by atoms with Crippen LogP contribution in [0.25, 0.3) is 10.9 Å². The number of hydrogen-bond donors (Lipinski definition) is 1. The lowest BCUT2D eigenvalue weighted by molar-refractivity contribution is 0.890. The third kappa shape index (κ3) is 1.85. The molecule has 0 aliphatic heterocycles. The zero-order valence-corrected chi connectivity index (χ0v) is 9.67. The van der Waals surface area contributed by atoms with Crippen LogP contribution in [-0.2, 0) is 0 Å². The Morgan fingerprint density at radius 2 is 2.19 bits per heavy atom. The van der Waals surface area contributed by atoms with Crippen LogP contribution in [0.5, 0.6) is 0 Å². The number of pyridine rings is 1. The molecule has 1 aliphatic rings. The minimum Gasteiger partial charge on any atom is -0.384 e. The van der Waals surface area contributed by atoms with E-state index in [2.05, 4.69) is 16.4 Å². The first-order valence-electron chi connectivity index (χ1n) is 5.62. The Labute approximate surface area is 99.6 Å². The van der Waals surface area contributed by atoms with Gasteiger partial charge in [-0.1, -0.05) is 11.6 Å². The van der Waals surface area contributed by atoms with Gasteiger partial charge in [-0.15, -0.1) is 0 Å². The van der Waals surface area contributed by atoms with Crippen LogP contribution >= 0.6 is 11.6 Å². The quantitative estimate of drug-likeness (QED) is 0.873. The first-order chi connectivity index (χ1) is 7.84. The topological polar surface area (TPSA) is 24.9 Å². The Morgan fingerprint density at radius 3 is 3.00 bits per heavy atom. The number of nitrogens with one attached hydrogen (secondary N) is 1. The summed E-state index contributed by atoms with van der Waals surface area (Å²) in [4.78, 5) is 4.31. The molecule has 0 unspecified atom stereocenters. The Bertz CT molecular complexity index is 520. The minimum absolute atomic E-state index is 0.715. The molecule has 1 fully saturated rings. The Hall–Kier alpha value is -1.28. The van der Waals surface area contributed by atoms with Crippen molar-refractivity contribution in [3.8, 4) is 0 Å². The van der Waals surface area contributed by atoms with Gasteiger partial charge in [0.2, 0.25) is 0 Å². The minimum atomic E-state index is 0.715. The van der Waals surface area contributed by atoms with Gasteiger partial charge >= 0.3 is 0 Å². The van der Waals surface area contributed by atoms with Gasteiger partial charge in [-0.25, -0.2) is 0 Å². The molecule has 0 bridgehead atoms. The van der Waals surface area contributed by atoms with E-state index in [9.17, 15) is 0 Å². The molecule has 0 spiro atoms. The summed E-state index contributed by atoms with van der Waals surface area (Å²) in [6.07, 6.45) is 4.49. The van der Waals surface area contributed by atoms with Crippen molar-refractivity contribution in [2.45, 2.75) is 12.8 Å². The van der Waals surface area contributed by atoms with Crippen LogP contribution in [0.3, 0.4) is 0 Å². The maximum absolute atomic E-state index is 6.11. The summed E-state index contributed by atoms with van der Waals surface area (Å²) in [7, 11) is 0. The molecule has 1 saturated carbocycles. The second kappa shape index (κ2) is 3.95. The van der Waals surface area contributed by atoms with E-state index in [1.54, 1.807) is 6.20 Å². The molecular formula is C13H13ClN2. The number of halogens is 1. The molecule has 3 heteroatoms. The van der Waals surface area contributed by atoms with E-state index < -0.39 is 0 Å². The van der Waals surface area contributed by atoms with Gasteiger partial charge < -0.3 is 5.32 Å². The van der Waals surface area contributed by atoms with Crippen molar-refractivity contribution >= 4 is 28.2 Å². The van der Waals surface area contributed by atoms with Gasteiger partial charge in [0.05, 0.1) is 10.5 Å². The number of rotatable bonds is 3. The van der Waals surface area contributed by atoms with Crippen LogP contribution in [0.15, 0.2) is 30.5 Å². The molecule has 1 aromatic carbocycles. The molecular weight excluding hydrogens is 220 g/mol. The maximum atomic E-state index is 6.11. The van der Waals surface area contributed by atoms with E-state index in [1.807, 2.05) is 18.2 Å². The largest absolute Gasteiger partial charge is 0.384 e. The number of nitrogens with zero attached hydrogens (tertiary/aromatic N) is 1. The van der Waals surface area contributed by atoms with Crippen LogP contribution in [0.2, 0.25) is 5.02 Å². The molecule has 0 atom stereocenters. The Kier molecular flexibility index (Phi) is 2.44. The van der Waals surface area contributed by atoms with Gasteiger partial charge in [0, 0.05) is 23.8 Å². The zero-order chi connectivity index (χ0) is 11.0. The third-order valence-electron chi connectivity index (χ3n) is 3.00. The van der Waals surface area contributed by atoms with Crippen molar-refractivity contribution in [1.29, 1.82) is 0 Å². The van der Waals surface area contributed by atoms with Crippen molar-refractivity contribution in [1.82, 2.24) is 4.98 Å². The highest BCUT2D eigenvalue weighted by Crippen LogP contribution is 2.31. The van der Waals surface area contributed by atoms with E-state index in [1.165, 1.54) is 12.8 Å². The first-order valence-corrected chi connectivity index (χ1v) is 5.99. The number of hydrogen-bond acceptors (Lipinski definition) is 2. The molecule has 0 radical (unpaired) electrons. The Balaban J connectivity index is 1.99. The zero-order valence-electron chi connectivity index (χ0n) is 8.91. The summed E-state index contributed by atoms with van der Waals surface area (Å²) in [6, 6.07) is 7.95. The van der Waals surface area contributed by atoms with Gasteiger partial charge in [0.1, 0.15) is 0 Å². The Morgan fingerprint density at radius 1 is 1.31 bits per heavy atom. The summed E-state index contributed by atoms with van der Waals surface area (Å²) in [5, 5.41) is 5.30. The highest BCUT2D eigenvalue weighted by atomic mass is 35.5. The van der Waals surface area contributed by atoms with Gasteiger partial charge in [0.15, 0.2) is 0 Å².